The molecule has 0 bridgehead atoms. The first kappa shape index (κ1) is 30.4. The molecule has 1 fully saturated rings. The van der Waals surface area contributed by atoms with Crippen LogP contribution in [0.3, 0.4) is 0 Å². The quantitative estimate of drug-likeness (QED) is 0.241. The van der Waals surface area contributed by atoms with Crippen molar-refractivity contribution in [1.82, 2.24) is 0 Å². The largest absolute Gasteiger partial charge is 0.497 e. The Morgan fingerprint density at radius 2 is 1.71 bits per heavy atom. The molecule has 0 aliphatic heterocycles. The smallest absolute Gasteiger partial charge is 0.331 e. The molecule has 6 heteroatoms. The van der Waals surface area contributed by atoms with Gasteiger partial charge in [0.2, 0.25) is 0 Å². The van der Waals surface area contributed by atoms with Gasteiger partial charge in [-0.1, -0.05) is 48.9 Å². The zero-order chi connectivity index (χ0) is 29.9. The van der Waals surface area contributed by atoms with Crippen molar-refractivity contribution in [3.05, 3.63) is 93.5 Å². The number of methoxy groups -OCH3 is 2. The van der Waals surface area contributed by atoms with E-state index >= 15 is 0 Å². The second-order valence-electron chi connectivity index (χ2n) is 12.6. The molecule has 42 heavy (non-hydrogen) atoms. The van der Waals surface area contributed by atoms with Gasteiger partial charge >= 0.3 is 5.97 Å². The zero-order valence-electron chi connectivity index (χ0n) is 25.6. The molecule has 0 saturated heterocycles. The molecule has 0 amide bonds. The van der Waals surface area contributed by atoms with Crippen molar-refractivity contribution in [1.29, 1.82) is 0 Å². The second kappa shape index (κ2) is 12.7. The lowest BCUT2D eigenvalue weighted by Gasteiger charge is -2.48. The summed E-state index contributed by atoms with van der Waals surface area (Å²) in [5.41, 5.74) is 6.91. The summed E-state index contributed by atoms with van der Waals surface area (Å²) in [6.45, 7) is 8.05. The van der Waals surface area contributed by atoms with Crippen LogP contribution in [-0.4, -0.2) is 32.3 Å². The Morgan fingerprint density at radius 1 is 1.00 bits per heavy atom. The Bertz CT molecular complexity index is 1390. The monoisotopic (exact) mass is 589 g/mol. The van der Waals surface area contributed by atoms with E-state index in [-0.39, 0.29) is 11.4 Å². The van der Waals surface area contributed by atoms with Gasteiger partial charge in [0.05, 0.1) is 20.8 Å². The molecule has 0 aromatic heterocycles. The molecular formula is C36H44ClNO4. The number of esters is 1. The number of fused-ring (bicyclic) bond motifs is 2. The SMILES string of the molecule is COC(=O)C1(Nc2cccc(Cl)c2)CCC2(CC1)c1cc(C)c(C)cc1CC2C[C@@H](C)COCc1ccc(OC)cc1. The molecule has 1 N–H and O–H groups in total. The van der Waals surface area contributed by atoms with Gasteiger partial charge in [-0.15, -0.1) is 0 Å². The van der Waals surface area contributed by atoms with Crippen LogP contribution in [0.2, 0.25) is 5.02 Å². The Balaban J connectivity index is 1.34. The molecule has 0 radical (unpaired) electrons. The van der Waals surface area contributed by atoms with Crippen LogP contribution < -0.4 is 10.1 Å². The minimum absolute atomic E-state index is 0.0333. The Hall–Kier alpha value is -3.02. The van der Waals surface area contributed by atoms with E-state index in [2.05, 4.69) is 50.4 Å². The molecule has 1 saturated carbocycles. The van der Waals surface area contributed by atoms with Crippen molar-refractivity contribution < 1.29 is 19.0 Å². The third-order valence-corrected chi connectivity index (χ3v) is 10.0. The number of hydrogen-bond acceptors (Lipinski definition) is 5. The molecular weight excluding hydrogens is 546 g/mol. The van der Waals surface area contributed by atoms with E-state index in [4.69, 9.17) is 25.8 Å². The summed E-state index contributed by atoms with van der Waals surface area (Å²) < 4.78 is 16.8. The molecule has 0 heterocycles. The first-order valence-electron chi connectivity index (χ1n) is 15.1. The van der Waals surface area contributed by atoms with Crippen LogP contribution in [0.5, 0.6) is 5.75 Å². The van der Waals surface area contributed by atoms with E-state index in [1.54, 1.807) is 7.11 Å². The Kier molecular flexibility index (Phi) is 9.20. The first-order chi connectivity index (χ1) is 20.2. The van der Waals surface area contributed by atoms with Crippen LogP contribution in [0.4, 0.5) is 5.69 Å². The van der Waals surface area contributed by atoms with Gasteiger partial charge in [-0.05, 0) is 128 Å². The standard InChI is InChI=1S/C36H44ClNO4/c1-24(22-42-23-27-9-11-32(40-4)12-10-27)17-29-20-28-18-25(2)26(3)19-33(28)35(29)13-15-36(16-14-35,34(39)41-5)38-31-8-6-7-30(37)21-31/h6-12,18-19,21,24,29,38H,13-17,20,22-23H2,1-5H3/t24-,29?,35?,36?/m1/s1. The predicted octanol–water partition coefficient (Wildman–Crippen LogP) is 8.22. The number of carbonyl (C=O) groups is 1. The number of halogens is 1. The topological polar surface area (TPSA) is 56.8 Å². The number of benzene rings is 3. The first-order valence-corrected chi connectivity index (χ1v) is 15.5. The fourth-order valence-corrected chi connectivity index (χ4v) is 7.56. The van der Waals surface area contributed by atoms with E-state index in [1.807, 2.05) is 36.4 Å². The van der Waals surface area contributed by atoms with Crippen molar-refractivity contribution in [3.8, 4) is 5.75 Å². The van der Waals surface area contributed by atoms with Crippen LogP contribution in [0.1, 0.15) is 66.8 Å². The highest BCUT2D eigenvalue weighted by Crippen LogP contribution is 2.56. The molecule has 2 aliphatic rings. The second-order valence-corrected chi connectivity index (χ2v) is 13.0. The summed E-state index contributed by atoms with van der Waals surface area (Å²) in [6.07, 6.45) is 5.42. The minimum Gasteiger partial charge on any atom is -0.497 e. The molecule has 1 unspecified atom stereocenters. The molecule has 2 atom stereocenters. The zero-order valence-corrected chi connectivity index (χ0v) is 26.4. The lowest BCUT2D eigenvalue weighted by molar-refractivity contribution is -0.148. The highest BCUT2D eigenvalue weighted by Gasteiger charge is 2.54. The summed E-state index contributed by atoms with van der Waals surface area (Å²) in [5.74, 6) is 1.57. The summed E-state index contributed by atoms with van der Waals surface area (Å²) >= 11 is 6.28. The molecule has 5 nitrogen and oxygen atoms in total. The summed E-state index contributed by atoms with van der Waals surface area (Å²) in [7, 11) is 3.17. The number of anilines is 1. The fraction of sp³-hybridized carbons (Fsp3) is 0.472. The third-order valence-electron chi connectivity index (χ3n) is 9.80. The van der Waals surface area contributed by atoms with Gasteiger partial charge < -0.3 is 19.5 Å². The van der Waals surface area contributed by atoms with Gasteiger partial charge in [0.25, 0.3) is 0 Å². The Morgan fingerprint density at radius 3 is 2.38 bits per heavy atom. The number of aryl methyl sites for hydroxylation is 2. The highest BCUT2D eigenvalue weighted by molar-refractivity contribution is 6.30. The number of carbonyl (C=O) groups excluding carboxylic acids is 1. The van der Waals surface area contributed by atoms with E-state index < -0.39 is 5.54 Å². The average Bonchev–Trinajstić information content (AvgIpc) is 3.25. The molecule has 1 spiro atoms. The van der Waals surface area contributed by atoms with Crippen LogP contribution >= 0.6 is 11.6 Å². The molecule has 2 aliphatic carbocycles. The number of hydrogen-bond donors (Lipinski definition) is 1. The lowest BCUT2D eigenvalue weighted by atomic mass is 9.59. The number of rotatable bonds is 10. The van der Waals surface area contributed by atoms with E-state index in [0.717, 1.165) is 49.3 Å². The highest BCUT2D eigenvalue weighted by atomic mass is 35.5. The number of ether oxygens (including phenoxy) is 3. The van der Waals surface area contributed by atoms with Crippen LogP contribution in [-0.2, 0) is 32.7 Å². The summed E-state index contributed by atoms with van der Waals surface area (Å²) in [5, 5.41) is 4.20. The fourth-order valence-electron chi connectivity index (χ4n) is 7.37. The molecule has 3 aromatic rings. The summed E-state index contributed by atoms with van der Waals surface area (Å²) in [4.78, 5) is 13.3. The maximum absolute atomic E-state index is 13.3. The summed E-state index contributed by atoms with van der Waals surface area (Å²) in [6, 6.07) is 20.5. The minimum atomic E-state index is -0.773. The van der Waals surface area contributed by atoms with Crippen molar-refractivity contribution in [3.63, 3.8) is 0 Å². The molecule has 5 rings (SSSR count). The van der Waals surface area contributed by atoms with Gasteiger partial charge in [0.15, 0.2) is 0 Å². The third kappa shape index (κ3) is 6.18. The Labute approximate surface area is 255 Å². The molecule has 3 aromatic carbocycles. The van der Waals surface area contributed by atoms with E-state index in [0.29, 0.717) is 36.3 Å². The van der Waals surface area contributed by atoms with Gasteiger partial charge in [0, 0.05) is 17.3 Å². The van der Waals surface area contributed by atoms with Crippen molar-refractivity contribution in [2.75, 3.05) is 26.1 Å². The van der Waals surface area contributed by atoms with Crippen molar-refractivity contribution in [2.45, 2.75) is 76.9 Å². The van der Waals surface area contributed by atoms with Crippen LogP contribution in [0.25, 0.3) is 0 Å². The van der Waals surface area contributed by atoms with Crippen LogP contribution in [0.15, 0.2) is 60.7 Å². The predicted molar refractivity (Wildman–Crippen MR) is 170 cm³/mol. The van der Waals surface area contributed by atoms with Gasteiger partial charge in [-0.25, -0.2) is 4.79 Å². The number of nitrogens with one attached hydrogen (secondary N) is 1. The maximum Gasteiger partial charge on any atom is 0.331 e. The van der Waals surface area contributed by atoms with E-state index in [9.17, 15) is 4.79 Å². The van der Waals surface area contributed by atoms with E-state index in [1.165, 1.54) is 29.4 Å². The average molecular weight is 590 g/mol. The normalized spacial score (nSPS) is 23.8. The van der Waals surface area contributed by atoms with Crippen molar-refractivity contribution in [2.24, 2.45) is 11.8 Å². The molecule has 224 valence electrons. The maximum atomic E-state index is 13.3. The van der Waals surface area contributed by atoms with Gasteiger partial charge in [-0.2, -0.15) is 0 Å². The van der Waals surface area contributed by atoms with Gasteiger partial charge in [0.1, 0.15) is 11.3 Å². The van der Waals surface area contributed by atoms with Gasteiger partial charge in [-0.3, -0.25) is 0 Å². The lowest BCUT2D eigenvalue weighted by Crippen LogP contribution is -2.53. The van der Waals surface area contributed by atoms with Crippen molar-refractivity contribution >= 4 is 23.3 Å². The van der Waals surface area contributed by atoms with Crippen LogP contribution in [0, 0.1) is 25.7 Å².